The Hall–Kier alpha value is -2.11. The van der Waals surface area contributed by atoms with E-state index in [0.717, 1.165) is 12.8 Å². The summed E-state index contributed by atoms with van der Waals surface area (Å²) in [4.78, 5) is 25.6. The molecule has 1 aromatic rings. The lowest BCUT2D eigenvalue weighted by Gasteiger charge is -2.38. The fraction of sp³-hybridized carbons (Fsp3) is 0.500. The minimum atomic E-state index is -0.736. The van der Waals surface area contributed by atoms with Crippen LogP contribution in [0, 0.1) is 5.82 Å². The molecule has 1 heterocycles. The Labute approximate surface area is 129 Å². The van der Waals surface area contributed by atoms with Crippen molar-refractivity contribution in [3.05, 3.63) is 35.6 Å². The van der Waals surface area contributed by atoms with Gasteiger partial charge in [-0.25, -0.2) is 9.18 Å². The number of nitrogens with two attached hydrogens (primary N) is 1. The standard InChI is InChI=1S/C16H21FN2O3/c1-2-22-16(21)19-9-4-3-8-13(19)14(15(18)20)11-6-5-7-12(17)10-11/h5-7,10,13-14H,2-4,8-9H2,1H3,(H2,18,20)/t13-,14+/m1/s1. The largest absolute Gasteiger partial charge is 0.450 e. The van der Waals surface area contributed by atoms with Crippen LogP contribution in [0.1, 0.15) is 37.7 Å². The number of hydrogen-bond donors (Lipinski definition) is 1. The minimum Gasteiger partial charge on any atom is -0.450 e. The third kappa shape index (κ3) is 3.55. The molecule has 5 nitrogen and oxygen atoms in total. The van der Waals surface area contributed by atoms with Crippen molar-refractivity contribution in [1.29, 1.82) is 0 Å². The molecule has 1 aliphatic rings. The monoisotopic (exact) mass is 308 g/mol. The second-order valence-corrected chi connectivity index (χ2v) is 5.39. The first kappa shape index (κ1) is 16.3. The van der Waals surface area contributed by atoms with Gasteiger partial charge in [-0.05, 0) is 43.9 Å². The van der Waals surface area contributed by atoms with Crippen LogP contribution in [0.3, 0.4) is 0 Å². The molecule has 1 fully saturated rings. The van der Waals surface area contributed by atoms with Crippen LogP contribution in [-0.4, -0.2) is 36.1 Å². The van der Waals surface area contributed by atoms with Gasteiger partial charge >= 0.3 is 6.09 Å². The molecule has 120 valence electrons. The number of carbonyl (C=O) groups excluding carboxylic acids is 2. The predicted octanol–water partition coefficient (Wildman–Crippen LogP) is 2.41. The first-order chi connectivity index (χ1) is 10.5. The molecule has 2 N–H and O–H groups in total. The van der Waals surface area contributed by atoms with E-state index < -0.39 is 29.8 Å². The summed E-state index contributed by atoms with van der Waals surface area (Å²) in [7, 11) is 0. The lowest BCUT2D eigenvalue weighted by atomic mass is 9.85. The summed E-state index contributed by atoms with van der Waals surface area (Å²) in [6.07, 6.45) is 1.93. The lowest BCUT2D eigenvalue weighted by Crippen LogP contribution is -2.50. The maximum Gasteiger partial charge on any atom is 0.410 e. The molecule has 0 aliphatic carbocycles. The number of likely N-dealkylation sites (tertiary alicyclic amines) is 1. The van der Waals surface area contributed by atoms with Crippen molar-refractivity contribution in [1.82, 2.24) is 4.90 Å². The molecule has 2 atom stereocenters. The molecule has 1 saturated heterocycles. The number of ether oxygens (including phenoxy) is 1. The third-order valence-electron chi connectivity index (χ3n) is 3.95. The van der Waals surface area contributed by atoms with Crippen molar-refractivity contribution >= 4 is 12.0 Å². The summed E-state index contributed by atoms with van der Waals surface area (Å²) in [6, 6.07) is 5.42. The number of halogens is 1. The molecule has 6 heteroatoms. The van der Waals surface area contributed by atoms with Crippen LogP contribution in [-0.2, 0) is 9.53 Å². The highest BCUT2D eigenvalue weighted by atomic mass is 19.1. The molecule has 0 radical (unpaired) electrons. The van der Waals surface area contributed by atoms with Gasteiger partial charge in [0, 0.05) is 6.54 Å². The van der Waals surface area contributed by atoms with Gasteiger partial charge in [0.05, 0.1) is 18.6 Å². The molecule has 1 aromatic carbocycles. The van der Waals surface area contributed by atoms with E-state index in [1.165, 1.54) is 18.2 Å². The summed E-state index contributed by atoms with van der Waals surface area (Å²) in [6.45, 7) is 2.51. The van der Waals surface area contributed by atoms with E-state index >= 15 is 0 Å². The zero-order valence-electron chi connectivity index (χ0n) is 12.6. The summed E-state index contributed by atoms with van der Waals surface area (Å²) >= 11 is 0. The van der Waals surface area contributed by atoms with E-state index in [1.54, 1.807) is 17.9 Å². The van der Waals surface area contributed by atoms with E-state index in [-0.39, 0.29) is 6.61 Å². The Morgan fingerprint density at radius 2 is 2.23 bits per heavy atom. The second-order valence-electron chi connectivity index (χ2n) is 5.39. The fourth-order valence-electron chi connectivity index (χ4n) is 3.01. The highest BCUT2D eigenvalue weighted by molar-refractivity contribution is 5.83. The van der Waals surface area contributed by atoms with E-state index in [4.69, 9.17) is 10.5 Å². The van der Waals surface area contributed by atoms with Crippen LogP contribution in [0.4, 0.5) is 9.18 Å². The Morgan fingerprint density at radius 1 is 1.45 bits per heavy atom. The van der Waals surface area contributed by atoms with Gasteiger partial charge in [0.1, 0.15) is 5.82 Å². The van der Waals surface area contributed by atoms with Gasteiger partial charge in [0.15, 0.2) is 0 Å². The zero-order valence-corrected chi connectivity index (χ0v) is 12.6. The Kier molecular flexibility index (Phi) is 5.35. The Bertz CT molecular complexity index is 550. The molecular formula is C16H21FN2O3. The number of nitrogens with zero attached hydrogens (tertiary/aromatic N) is 1. The SMILES string of the molecule is CCOC(=O)N1CCCC[C@@H]1[C@@H](C(N)=O)c1cccc(F)c1. The summed E-state index contributed by atoms with van der Waals surface area (Å²) < 4.78 is 18.5. The molecule has 22 heavy (non-hydrogen) atoms. The minimum absolute atomic E-state index is 0.267. The highest BCUT2D eigenvalue weighted by Gasteiger charge is 2.37. The van der Waals surface area contributed by atoms with Crippen molar-refractivity contribution in [3.8, 4) is 0 Å². The topological polar surface area (TPSA) is 72.6 Å². The molecule has 0 unspecified atom stereocenters. The van der Waals surface area contributed by atoms with Gasteiger partial charge < -0.3 is 15.4 Å². The maximum atomic E-state index is 13.5. The maximum absolute atomic E-state index is 13.5. The molecule has 0 aromatic heterocycles. The van der Waals surface area contributed by atoms with Crippen molar-refractivity contribution in [2.24, 2.45) is 5.73 Å². The Morgan fingerprint density at radius 3 is 2.86 bits per heavy atom. The number of carbonyl (C=O) groups is 2. The molecule has 0 bridgehead atoms. The average Bonchev–Trinajstić information content (AvgIpc) is 2.48. The van der Waals surface area contributed by atoms with Crippen LogP contribution >= 0.6 is 0 Å². The second kappa shape index (κ2) is 7.24. The van der Waals surface area contributed by atoms with Gasteiger partial charge in [-0.3, -0.25) is 4.79 Å². The first-order valence-corrected chi connectivity index (χ1v) is 7.52. The summed E-state index contributed by atoms with van der Waals surface area (Å²) in [5.74, 6) is -1.73. The normalized spacial score (nSPS) is 19.5. The van der Waals surface area contributed by atoms with E-state index in [9.17, 15) is 14.0 Å². The molecule has 1 aliphatic heterocycles. The fourth-order valence-corrected chi connectivity index (χ4v) is 3.01. The van der Waals surface area contributed by atoms with Crippen LogP contribution in [0.2, 0.25) is 0 Å². The molecule has 0 saturated carbocycles. The van der Waals surface area contributed by atoms with E-state index in [0.29, 0.717) is 18.5 Å². The lowest BCUT2D eigenvalue weighted by molar-refractivity contribution is -0.121. The number of piperidine rings is 1. The molecular weight excluding hydrogens is 287 g/mol. The van der Waals surface area contributed by atoms with Crippen LogP contribution in [0.15, 0.2) is 24.3 Å². The summed E-state index contributed by atoms with van der Waals surface area (Å²) in [5, 5.41) is 0. The molecule has 2 rings (SSSR count). The van der Waals surface area contributed by atoms with Crippen LogP contribution in [0.25, 0.3) is 0 Å². The number of amides is 2. The molecule has 2 amide bonds. The van der Waals surface area contributed by atoms with E-state index in [2.05, 4.69) is 0 Å². The Balaban J connectivity index is 2.32. The van der Waals surface area contributed by atoms with Crippen molar-refractivity contribution in [2.45, 2.75) is 38.1 Å². The number of benzene rings is 1. The number of primary amides is 1. The van der Waals surface area contributed by atoms with Crippen molar-refractivity contribution in [2.75, 3.05) is 13.2 Å². The average molecular weight is 308 g/mol. The van der Waals surface area contributed by atoms with Crippen molar-refractivity contribution < 1.29 is 18.7 Å². The summed E-state index contributed by atoms with van der Waals surface area (Å²) in [5.41, 5.74) is 6.04. The van der Waals surface area contributed by atoms with Crippen LogP contribution in [0.5, 0.6) is 0 Å². The van der Waals surface area contributed by atoms with Gasteiger partial charge in [-0.1, -0.05) is 12.1 Å². The van der Waals surface area contributed by atoms with Gasteiger partial charge in [0.2, 0.25) is 5.91 Å². The first-order valence-electron chi connectivity index (χ1n) is 7.52. The quantitative estimate of drug-likeness (QED) is 0.928. The van der Waals surface area contributed by atoms with Gasteiger partial charge in [-0.2, -0.15) is 0 Å². The van der Waals surface area contributed by atoms with Gasteiger partial charge in [-0.15, -0.1) is 0 Å². The molecule has 0 spiro atoms. The van der Waals surface area contributed by atoms with Crippen LogP contribution < -0.4 is 5.73 Å². The number of hydrogen-bond acceptors (Lipinski definition) is 3. The third-order valence-corrected chi connectivity index (χ3v) is 3.95. The smallest absolute Gasteiger partial charge is 0.410 e. The zero-order chi connectivity index (χ0) is 16.1. The van der Waals surface area contributed by atoms with Gasteiger partial charge in [0.25, 0.3) is 0 Å². The van der Waals surface area contributed by atoms with Crippen molar-refractivity contribution in [3.63, 3.8) is 0 Å². The van der Waals surface area contributed by atoms with E-state index in [1.807, 2.05) is 0 Å². The highest BCUT2D eigenvalue weighted by Crippen LogP contribution is 2.31. The number of rotatable bonds is 4. The predicted molar refractivity (Wildman–Crippen MR) is 79.7 cm³/mol.